The third-order valence-electron chi connectivity index (χ3n) is 0.766. The van der Waals surface area contributed by atoms with E-state index in [0.717, 1.165) is 0 Å². The van der Waals surface area contributed by atoms with Gasteiger partial charge in [-0.2, -0.15) is 5.10 Å². The summed E-state index contributed by atoms with van der Waals surface area (Å²) in [6, 6.07) is 0.252. The Kier molecular flexibility index (Phi) is 4.88. The average Bonchev–Trinajstić information content (AvgIpc) is 1.87. The van der Waals surface area contributed by atoms with Crippen LogP contribution in [-0.4, -0.2) is 35.2 Å². The first-order valence-electron chi connectivity index (χ1n) is 3.24. The topological polar surface area (TPSA) is 64.9 Å². The summed E-state index contributed by atoms with van der Waals surface area (Å²) in [5.41, 5.74) is 2.71. The third-order valence-corrected chi connectivity index (χ3v) is 0.766. The quantitative estimate of drug-likeness (QED) is 0.364. The van der Waals surface area contributed by atoms with Gasteiger partial charge in [-0.25, -0.2) is 0 Å². The van der Waals surface area contributed by atoms with Crippen LogP contribution in [0.1, 0.15) is 13.8 Å². The summed E-state index contributed by atoms with van der Waals surface area (Å²) in [5, 5.41) is 20.7. The van der Waals surface area contributed by atoms with Crippen LogP contribution in [0.25, 0.3) is 0 Å². The van der Waals surface area contributed by atoms with E-state index in [1.54, 1.807) is 0 Å². The molecule has 0 aliphatic carbocycles. The van der Waals surface area contributed by atoms with E-state index < -0.39 is 6.10 Å². The molecule has 0 aromatic carbocycles. The highest BCUT2D eigenvalue weighted by atomic mass is 16.3. The van der Waals surface area contributed by atoms with Crippen LogP contribution in [-0.2, 0) is 0 Å². The fraction of sp³-hybridized carbons (Fsp3) is 0.833. The number of hydrogen-bond donors (Lipinski definition) is 3. The normalized spacial score (nSPS) is 14.5. The Labute approximate surface area is 60.6 Å². The van der Waals surface area contributed by atoms with Crippen molar-refractivity contribution in [3.63, 3.8) is 0 Å². The average molecular weight is 146 g/mol. The summed E-state index contributed by atoms with van der Waals surface area (Å²) in [7, 11) is 0. The van der Waals surface area contributed by atoms with E-state index in [2.05, 4.69) is 10.5 Å². The number of aliphatic hydroxyl groups is 2. The Balaban J connectivity index is 3.36. The number of hydrazone groups is 1. The lowest BCUT2D eigenvalue weighted by atomic mass is 10.4. The maximum Gasteiger partial charge on any atom is 0.114 e. The zero-order valence-corrected chi connectivity index (χ0v) is 6.28. The van der Waals surface area contributed by atoms with Gasteiger partial charge in [-0.05, 0) is 13.8 Å². The molecule has 60 valence electrons. The maximum atomic E-state index is 8.73. The first kappa shape index (κ1) is 9.39. The van der Waals surface area contributed by atoms with E-state index in [1.165, 1.54) is 6.21 Å². The minimum Gasteiger partial charge on any atom is -0.393 e. The first-order chi connectivity index (χ1) is 4.66. The molecule has 0 bridgehead atoms. The second-order valence-corrected chi connectivity index (χ2v) is 2.31. The SMILES string of the molecule is CC(C)N/N=C/[C@H](O)CO. The molecule has 0 heterocycles. The summed E-state index contributed by atoms with van der Waals surface area (Å²) in [4.78, 5) is 0. The van der Waals surface area contributed by atoms with Gasteiger partial charge in [0.15, 0.2) is 0 Å². The van der Waals surface area contributed by atoms with Gasteiger partial charge in [-0.15, -0.1) is 0 Å². The lowest BCUT2D eigenvalue weighted by molar-refractivity contribution is 0.147. The second-order valence-electron chi connectivity index (χ2n) is 2.31. The Morgan fingerprint density at radius 3 is 2.60 bits per heavy atom. The molecule has 0 aromatic rings. The zero-order valence-electron chi connectivity index (χ0n) is 6.28. The number of nitrogens with one attached hydrogen (secondary N) is 1. The molecule has 3 N–H and O–H groups in total. The standard InChI is InChI=1S/C6H14N2O2/c1-5(2)8-7-3-6(10)4-9/h3,5-6,8-10H,4H2,1-2H3/b7-3+/t6-/m0/s1. The molecule has 4 nitrogen and oxygen atoms in total. The van der Waals surface area contributed by atoms with Crippen LogP contribution < -0.4 is 5.43 Å². The van der Waals surface area contributed by atoms with Crippen LogP contribution in [0.3, 0.4) is 0 Å². The highest BCUT2D eigenvalue weighted by Crippen LogP contribution is 1.76. The predicted molar refractivity (Wildman–Crippen MR) is 39.9 cm³/mol. The summed E-state index contributed by atoms with van der Waals surface area (Å²) in [5.74, 6) is 0. The Bertz CT molecular complexity index is 104. The molecule has 4 heteroatoms. The van der Waals surface area contributed by atoms with Crippen molar-refractivity contribution in [1.82, 2.24) is 5.43 Å². The molecule has 0 fully saturated rings. The van der Waals surface area contributed by atoms with Crippen molar-refractivity contribution in [2.24, 2.45) is 5.10 Å². The molecule has 0 saturated carbocycles. The van der Waals surface area contributed by atoms with Crippen molar-refractivity contribution in [2.75, 3.05) is 6.61 Å². The molecule has 0 aromatic heterocycles. The smallest absolute Gasteiger partial charge is 0.114 e. The van der Waals surface area contributed by atoms with Gasteiger partial charge in [0.05, 0.1) is 12.8 Å². The van der Waals surface area contributed by atoms with Crippen LogP contribution >= 0.6 is 0 Å². The van der Waals surface area contributed by atoms with E-state index >= 15 is 0 Å². The number of rotatable bonds is 4. The summed E-state index contributed by atoms with van der Waals surface area (Å²) in [6.45, 7) is 3.58. The van der Waals surface area contributed by atoms with Gasteiger partial charge in [-0.1, -0.05) is 0 Å². The highest BCUT2D eigenvalue weighted by Gasteiger charge is 1.94. The molecule has 0 amide bonds. The van der Waals surface area contributed by atoms with Gasteiger partial charge >= 0.3 is 0 Å². The van der Waals surface area contributed by atoms with Gasteiger partial charge in [0.25, 0.3) is 0 Å². The molecule has 0 saturated heterocycles. The summed E-state index contributed by atoms with van der Waals surface area (Å²) in [6.07, 6.45) is 0.409. The Hall–Kier alpha value is -0.610. The molecular formula is C6H14N2O2. The molecule has 0 aliphatic heterocycles. The molecule has 0 spiro atoms. The monoisotopic (exact) mass is 146 g/mol. The van der Waals surface area contributed by atoms with Crippen molar-refractivity contribution < 1.29 is 10.2 Å². The molecule has 1 atom stereocenters. The minimum atomic E-state index is -0.855. The van der Waals surface area contributed by atoms with E-state index in [1.807, 2.05) is 13.8 Å². The first-order valence-corrected chi connectivity index (χ1v) is 3.24. The summed E-state index contributed by atoms with van der Waals surface area (Å²) < 4.78 is 0. The van der Waals surface area contributed by atoms with Gasteiger partial charge in [0.2, 0.25) is 0 Å². The van der Waals surface area contributed by atoms with Crippen LogP contribution in [0.2, 0.25) is 0 Å². The predicted octanol–water partition coefficient (Wildman–Crippen LogP) is -0.677. The molecule has 10 heavy (non-hydrogen) atoms. The van der Waals surface area contributed by atoms with Crippen molar-refractivity contribution in [3.8, 4) is 0 Å². The Morgan fingerprint density at radius 1 is 1.60 bits per heavy atom. The lowest BCUT2D eigenvalue weighted by Gasteiger charge is -2.03. The maximum absolute atomic E-state index is 8.73. The van der Waals surface area contributed by atoms with Crippen molar-refractivity contribution in [1.29, 1.82) is 0 Å². The van der Waals surface area contributed by atoms with E-state index in [0.29, 0.717) is 0 Å². The fourth-order valence-corrected chi connectivity index (χ4v) is 0.325. The van der Waals surface area contributed by atoms with Crippen LogP contribution in [0.15, 0.2) is 5.10 Å². The molecule has 0 radical (unpaired) electrons. The van der Waals surface area contributed by atoms with Crippen LogP contribution in [0.5, 0.6) is 0 Å². The zero-order chi connectivity index (χ0) is 7.98. The van der Waals surface area contributed by atoms with E-state index in [4.69, 9.17) is 10.2 Å². The third kappa shape index (κ3) is 5.53. The van der Waals surface area contributed by atoms with Crippen molar-refractivity contribution >= 4 is 6.21 Å². The van der Waals surface area contributed by atoms with E-state index in [9.17, 15) is 0 Å². The van der Waals surface area contributed by atoms with Gasteiger partial charge in [-0.3, -0.25) is 0 Å². The molecule has 0 unspecified atom stereocenters. The van der Waals surface area contributed by atoms with Gasteiger partial charge < -0.3 is 15.6 Å². The second kappa shape index (κ2) is 5.20. The summed E-state index contributed by atoms with van der Waals surface area (Å²) >= 11 is 0. The van der Waals surface area contributed by atoms with Crippen LogP contribution in [0, 0.1) is 0 Å². The van der Waals surface area contributed by atoms with Crippen molar-refractivity contribution in [3.05, 3.63) is 0 Å². The van der Waals surface area contributed by atoms with Gasteiger partial charge in [0, 0.05) is 6.04 Å². The molecule has 0 aliphatic rings. The Morgan fingerprint density at radius 2 is 2.20 bits per heavy atom. The number of aliphatic hydroxyl groups excluding tert-OH is 2. The number of nitrogens with zero attached hydrogens (tertiary/aromatic N) is 1. The fourth-order valence-electron chi connectivity index (χ4n) is 0.325. The van der Waals surface area contributed by atoms with Crippen molar-refractivity contribution in [2.45, 2.75) is 26.0 Å². The van der Waals surface area contributed by atoms with Crippen LogP contribution in [0.4, 0.5) is 0 Å². The molecular weight excluding hydrogens is 132 g/mol. The minimum absolute atomic E-state index is 0.252. The largest absolute Gasteiger partial charge is 0.393 e. The van der Waals surface area contributed by atoms with Gasteiger partial charge in [0.1, 0.15) is 6.10 Å². The number of hydrogen-bond acceptors (Lipinski definition) is 4. The van der Waals surface area contributed by atoms with E-state index in [-0.39, 0.29) is 12.6 Å². The lowest BCUT2D eigenvalue weighted by Crippen LogP contribution is -2.20. The highest BCUT2D eigenvalue weighted by molar-refractivity contribution is 5.62. The molecule has 0 rings (SSSR count).